The normalized spacial score (nSPS) is 14.5. The van der Waals surface area contributed by atoms with Crippen LogP contribution < -0.4 is 10.6 Å². The van der Waals surface area contributed by atoms with Crippen molar-refractivity contribution in [1.82, 2.24) is 10.6 Å². The number of halogens is 1. The van der Waals surface area contributed by atoms with Gasteiger partial charge < -0.3 is 10.6 Å². The molecule has 1 aliphatic rings. The van der Waals surface area contributed by atoms with Crippen LogP contribution in [0.5, 0.6) is 0 Å². The van der Waals surface area contributed by atoms with Crippen molar-refractivity contribution in [3.8, 4) is 0 Å². The molecule has 136 valence electrons. The lowest BCUT2D eigenvalue weighted by atomic mass is 10.0. The summed E-state index contributed by atoms with van der Waals surface area (Å²) in [6.07, 6.45) is 2.07. The quantitative estimate of drug-likeness (QED) is 0.727. The zero-order chi connectivity index (χ0) is 18.4. The highest BCUT2D eigenvalue weighted by Gasteiger charge is 2.23. The average molecular weight is 389 g/mol. The molecule has 0 aliphatic heterocycles. The highest BCUT2D eigenvalue weighted by Crippen LogP contribution is 2.35. The van der Waals surface area contributed by atoms with Crippen molar-refractivity contribution in [2.45, 2.75) is 24.1 Å². The maximum Gasteiger partial charge on any atom is 0.239 e. The van der Waals surface area contributed by atoms with Gasteiger partial charge in [0, 0.05) is 11.1 Å². The Hall–Kier alpha value is -1.98. The predicted molar refractivity (Wildman–Crippen MR) is 106 cm³/mol. The van der Waals surface area contributed by atoms with E-state index in [2.05, 4.69) is 10.6 Å². The van der Waals surface area contributed by atoms with Crippen molar-refractivity contribution in [2.24, 2.45) is 0 Å². The first-order chi connectivity index (χ1) is 12.6. The molecule has 2 aromatic carbocycles. The van der Waals surface area contributed by atoms with E-state index in [1.165, 1.54) is 11.8 Å². The Kier molecular flexibility index (Phi) is 6.58. The molecule has 0 aromatic heterocycles. The molecule has 2 aromatic rings. The van der Waals surface area contributed by atoms with Gasteiger partial charge in [-0.1, -0.05) is 54.1 Å². The zero-order valence-corrected chi connectivity index (χ0v) is 15.9. The fraction of sp³-hybridized carbons (Fsp3) is 0.300. The SMILES string of the molecule is O=C(CS[C@H](c1ccccc1)c1ccc(Cl)cc1)NCC(=O)NC1CC1. The van der Waals surface area contributed by atoms with Crippen molar-refractivity contribution < 1.29 is 9.59 Å². The Morgan fingerprint density at radius 2 is 1.65 bits per heavy atom. The Balaban J connectivity index is 1.57. The lowest BCUT2D eigenvalue weighted by molar-refractivity contribution is -0.124. The summed E-state index contributed by atoms with van der Waals surface area (Å²) in [4.78, 5) is 23.8. The lowest BCUT2D eigenvalue weighted by Gasteiger charge is -2.17. The first-order valence-corrected chi connectivity index (χ1v) is 10.0. The Morgan fingerprint density at radius 3 is 2.31 bits per heavy atom. The summed E-state index contributed by atoms with van der Waals surface area (Å²) in [6, 6.07) is 18.0. The van der Waals surface area contributed by atoms with E-state index in [1.807, 2.05) is 54.6 Å². The van der Waals surface area contributed by atoms with Crippen molar-refractivity contribution in [3.63, 3.8) is 0 Å². The molecule has 26 heavy (non-hydrogen) atoms. The number of amides is 2. The standard InChI is InChI=1S/C20H21ClN2O2S/c21-16-8-6-15(7-9-16)20(14-4-2-1-3-5-14)26-13-19(25)22-12-18(24)23-17-10-11-17/h1-9,17,20H,10-13H2,(H,22,25)(H,23,24)/t20-/m1/s1. The molecule has 0 spiro atoms. The van der Waals surface area contributed by atoms with E-state index in [0.29, 0.717) is 11.1 Å². The zero-order valence-electron chi connectivity index (χ0n) is 14.3. The number of carbonyl (C=O) groups excluding carboxylic acids is 2. The smallest absolute Gasteiger partial charge is 0.239 e. The van der Waals surface area contributed by atoms with Crippen LogP contribution in [0.2, 0.25) is 5.02 Å². The maximum absolute atomic E-state index is 12.1. The van der Waals surface area contributed by atoms with E-state index in [0.717, 1.165) is 24.0 Å². The highest BCUT2D eigenvalue weighted by atomic mass is 35.5. The first-order valence-electron chi connectivity index (χ1n) is 8.60. The van der Waals surface area contributed by atoms with Gasteiger partial charge >= 0.3 is 0 Å². The number of benzene rings is 2. The van der Waals surface area contributed by atoms with Gasteiger partial charge in [-0.25, -0.2) is 0 Å². The van der Waals surface area contributed by atoms with Crippen LogP contribution in [0.3, 0.4) is 0 Å². The molecule has 1 fully saturated rings. The first kappa shape index (κ1) is 18.8. The summed E-state index contributed by atoms with van der Waals surface area (Å²) in [5.74, 6) is 0.0119. The van der Waals surface area contributed by atoms with Crippen molar-refractivity contribution >= 4 is 35.2 Å². The van der Waals surface area contributed by atoms with Crippen LogP contribution in [0.15, 0.2) is 54.6 Å². The minimum Gasteiger partial charge on any atom is -0.352 e. The molecule has 0 heterocycles. The third-order valence-corrected chi connectivity index (χ3v) is 5.60. The summed E-state index contributed by atoms with van der Waals surface area (Å²) in [6.45, 7) is 0.0346. The molecule has 3 rings (SSSR count). The van der Waals surface area contributed by atoms with Crippen LogP contribution in [-0.4, -0.2) is 30.2 Å². The van der Waals surface area contributed by atoms with Crippen LogP contribution >= 0.6 is 23.4 Å². The summed E-state index contributed by atoms with van der Waals surface area (Å²) in [5, 5.41) is 6.26. The number of hydrogen-bond acceptors (Lipinski definition) is 3. The summed E-state index contributed by atoms with van der Waals surface area (Å²) in [5.41, 5.74) is 2.21. The topological polar surface area (TPSA) is 58.2 Å². The van der Waals surface area contributed by atoms with Gasteiger partial charge in [0.1, 0.15) is 0 Å². The molecular weight excluding hydrogens is 368 g/mol. The number of nitrogens with one attached hydrogen (secondary N) is 2. The van der Waals surface area contributed by atoms with Crippen LogP contribution in [0.1, 0.15) is 29.2 Å². The van der Waals surface area contributed by atoms with Crippen molar-refractivity contribution in [1.29, 1.82) is 0 Å². The van der Waals surface area contributed by atoms with E-state index in [1.54, 1.807) is 0 Å². The molecule has 1 saturated carbocycles. The van der Waals surface area contributed by atoms with E-state index >= 15 is 0 Å². The summed E-state index contributed by atoms with van der Waals surface area (Å²) < 4.78 is 0. The fourth-order valence-electron chi connectivity index (χ4n) is 2.55. The van der Waals surface area contributed by atoms with Gasteiger partial charge in [0.15, 0.2) is 0 Å². The van der Waals surface area contributed by atoms with Crippen LogP contribution in [0, 0.1) is 0 Å². The van der Waals surface area contributed by atoms with Gasteiger partial charge in [-0.05, 0) is 36.1 Å². The lowest BCUT2D eigenvalue weighted by Crippen LogP contribution is -2.38. The fourth-order valence-corrected chi connectivity index (χ4v) is 3.79. The molecule has 2 N–H and O–H groups in total. The van der Waals surface area contributed by atoms with Gasteiger partial charge in [0.25, 0.3) is 0 Å². The second kappa shape index (κ2) is 9.10. The van der Waals surface area contributed by atoms with Gasteiger partial charge in [-0.3, -0.25) is 9.59 Å². The highest BCUT2D eigenvalue weighted by molar-refractivity contribution is 8.00. The second-order valence-electron chi connectivity index (χ2n) is 6.27. The molecule has 1 atom stereocenters. The van der Waals surface area contributed by atoms with Crippen LogP contribution in [-0.2, 0) is 9.59 Å². The third kappa shape index (κ3) is 5.78. The molecular formula is C20H21ClN2O2S. The molecule has 0 saturated heterocycles. The Bertz CT molecular complexity index is 748. The molecule has 4 nitrogen and oxygen atoms in total. The Morgan fingerprint density at radius 1 is 1.00 bits per heavy atom. The van der Waals surface area contributed by atoms with E-state index < -0.39 is 0 Å². The third-order valence-electron chi connectivity index (χ3n) is 4.04. The van der Waals surface area contributed by atoms with Gasteiger partial charge in [0.2, 0.25) is 11.8 Å². The van der Waals surface area contributed by atoms with E-state index in [9.17, 15) is 9.59 Å². The van der Waals surface area contributed by atoms with Crippen molar-refractivity contribution in [2.75, 3.05) is 12.3 Å². The van der Waals surface area contributed by atoms with Gasteiger partial charge in [0.05, 0.1) is 17.5 Å². The predicted octanol–water partition coefficient (Wildman–Crippen LogP) is 3.56. The molecule has 0 radical (unpaired) electrons. The second-order valence-corrected chi connectivity index (χ2v) is 7.80. The number of hydrogen-bond donors (Lipinski definition) is 2. The summed E-state index contributed by atoms with van der Waals surface area (Å²) in [7, 11) is 0. The monoisotopic (exact) mass is 388 g/mol. The van der Waals surface area contributed by atoms with Crippen LogP contribution in [0.4, 0.5) is 0 Å². The number of thioether (sulfide) groups is 1. The van der Waals surface area contributed by atoms with Crippen LogP contribution in [0.25, 0.3) is 0 Å². The average Bonchev–Trinajstić information content (AvgIpc) is 3.46. The molecule has 1 aliphatic carbocycles. The van der Waals surface area contributed by atoms with Gasteiger partial charge in [-0.2, -0.15) is 0 Å². The van der Waals surface area contributed by atoms with Gasteiger partial charge in [-0.15, -0.1) is 11.8 Å². The molecule has 6 heteroatoms. The maximum atomic E-state index is 12.1. The minimum atomic E-state index is -0.143. The number of carbonyl (C=O) groups is 2. The molecule has 0 unspecified atom stereocenters. The minimum absolute atomic E-state index is 0.0273. The largest absolute Gasteiger partial charge is 0.352 e. The van der Waals surface area contributed by atoms with Crippen molar-refractivity contribution in [3.05, 3.63) is 70.7 Å². The number of rotatable bonds is 8. The Labute approximate surface area is 162 Å². The molecule has 2 amide bonds. The molecule has 0 bridgehead atoms. The van der Waals surface area contributed by atoms with E-state index in [4.69, 9.17) is 11.6 Å². The van der Waals surface area contributed by atoms with E-state index in [-0.39, 0.29) is 29.4 Å². The summed E-state index contributed by atoms with van der Waals surface area (Å²) >= 11 is 7.53.